The lowest BCUT2D eigenvalue weighted by molar-refractivity contribution is 0.553. The first-order chi connectivity index (χ1) is 35.3. The van der Waals surface area contributed by atoms with Crippen molar-refractivity contribution in [2.24, 2.45) is 10.9 Å². The summed E-state index contributed by atoms with van der Waals surface area (Å²) in [6, 6.07) is 81.7. The third kappa shape index (κ3) is 7.73. The molecule has 12 aromatic rings. The highest BCUT2D eigenvalue weighted by Gasteiger charge is 2.32. The molecule has 1 nitrogen and oxygen atoms in total. The van der Waals surface area contributed by atoms with Crippen LogP contribution in [-0.2, 0) is 6.42 Å². The highest BCUT2D eigenvalue weighted by Crippen LogP contribution is 2.51. The number of aliphatic imine (C=N–C) groups is 1. The average Bonchev–Trinajstić information content (AvgIpc) is 3.79. The van der Waals surface area contributed by atoms with E-state index < -0.39 is 0 Å². The van der Waals surface area contributed by atoms with E-state index in [0.717, 1.165) is 29.7 Å². The first kappa shape index (κ1) is 44.1. The van der Waals surface area contributed by atoms with E-state index in [4.69, 9.17) is 4.99 Å². The second-order valence-corrected chi connectivity index (χ2v) is 21.4. The van der Waals surface area contributed by atoms with Crippen molar-refractivity contribution >= 4 is 80.3 Å². The lowest BCUT2D eigenvalue weighted by atomic mass is 9.73. The zero-order valence-corrected chi connectivity index (χ0v) is 41.9. The quantitative estimate of drug-likeness (QED) is 0.0957. The van der Waals surface area contributed by atoms with Gasteiger partial charge in [0.05, 0.1) is 6.04 Å². The minimum absolute atomic E-state index is 0.0994. The predicted octanol–water partition coefficient (Wildman–Crippen LogP) is 19.6. The summed E-state index contributed by atoms with van der Waals surface area (Å²) in [5, 5.41) is 12.9. The van der Waals surface area contributed by atoms with Gasteiger partial charge in [0, 0.05) is 37.7 Å². The summed E-state index contributed by atoms with van der Waals surface area (Å²) >= 11 is 1.97. The smallest absolute Gasteiger partial charge is 0.0957 e. The first-order valence-corrected chi connectivity index (χ1v) is 26.5. The maximum atomic E-state index is 5.92. The van der Waals surface area contributed by atoms with Crippen molar-refractivity contribution in [2.75, 3.05) is 0 Å². The van der Waals surface area contributed by atoms with Crippen molar-refractivity contribution in [3.63, 3.8) is 0 Å². The average molecular weight is 942 g/mol. The molecular weight excluding hydrogens is 887 g/mol. The molecule has 2 heteroatoms. The highest BCUT2D eigenvalue weighted by molar-refractivity contribution is 7.26. The van der Waals surface area contributed by atoms with Gasteiger partial charge in [-0.3, -0.25) is 4.99 Å². The van der Waals surface area contributed by atoms with E-state index in [2.05, 4.69) is 246 Å². The molecule has 0 aliphatic heterocycles. The molecule has 4 unspecified atom stereocenters. The van der Waals surface area contributed by atoms with Crippen LogP contribution in [0.4, 0.5) is 0 Å². The standard InChI is InChI=1S/C70H55NS/c1-5-59(69(56-32-29-46-19-9-10-20-49(46)33-56)71-68(43(2)3)48-30-27-47(28-31-48)45-17-7-6-8-18-45)44(4)57-39-65(70-66(40-57)64-38-54-25-15-16-26-55(54)42-67(64)72-70)63-41-58-34-50-21-11-12-22-51(50)35-60(58)61-36-52-23-13-14-24-53(52)37-62(61)63/h6-40,42,44,59,63,68H,2,5,41H2,1,3-4H3/b71-69-. The molecule has 0 saturated heterocycles. The van der Waals surface area contributed by atoms with Crippen LogP contribution in [0.5, 0.6) is 0 Å². The van der Waals surface area contributed by atoms with E-state index in [-0.39, 0.29) is 23.8 Å². The Kier molecular flexibility index (Phi) is 11.0. The van der Waals surface area contributed by atoms with Gasteiger partial charge in [0.1, 0.15) is 0 Å². The third-order valence-electron chi connectivity index (χ3n) is 15.9. The maximum Gasteiger partial charge on any atom is 0.0957 e. The molecule has 4 atom stereocenters. The van der Waals surface area contributed by atoms with E-state index in [1.807, 2.05) is 11.3 Å². The van der Waals surface area contributed by atoms with Crippen molar-refractivity contribution in [1.29, 1.82) is 0 Å². The molecule has 1 aromatic heterocycles. The molecule has 1 aliphatic carbocycles. The van der Waals surface area contributed by atoms with Gasteiger partial charge in [0.2, 0.25) is 0 Å². The van der Waals surface area contributed by atoms with E-state index >= 15 is 0 Å². The summed E-state index contributed by atoms with van der Waals surface area (Å²) in [4.78, 5) is 5.92. The number of hydrogen-bond acceptors (Lipinski definition) is 2. The highest BCUT2D eigenvalue weighted by atomic mass is 32.1. The van der Waals surface area contributed by atoms with Gasteiger partial charge in [0.25, 0.3) is 0 Å². The summed E-state index contributed by atoms with van der Waals surface area (Å²) < 4.78 is 2.73. The molecular formula is C70H55NS. The van der Waals surface area contributed by atoms with Gasteiger partial charge < -0.3 is 0 Å². The van der Waals surface area contributed by atoms with Gasteiger partial charge in [-0.2, -0.15) is 0 Å². The Morgan fingerprint density at radius 2 is 1.10 bits per heavy atom. The van der Waals surface area contributed by atoms with Crippen LogP contribution >= 0.6 is 11.3 Å². The monoisotopic (exact) mass is 941 g/mol. The second kappa shape index (κ2) is 18.0. The number of benzene rings is 11. The zero-order valence-electron chi connectivity index (χ0n) is 41.1. The van der Waals surface area contributed by atoms with Gasteiger partial charge in [0.15, 0.2) is 0 Å². The van der Waals surface area contributed by atoms with Crippen LogP contribution in [-0.4, -0.2) is 5.71 Å². The molecule has 0 bridgehead atoms. The SMILES string of the molecule is C=C(C)C(/N=C(/c1ccc2ccccc2c1)C(CC)C(C)c1cc(C2Cc3cc4ccccc4cc3-c3cc4ccccc4cc32)c2sc3cc4ccccc4cc3c2c1)c1ccc(-c2ccccc2)cc1. The molecule has 1 aliphatic rings. The van der Waals surface area contributed by atoms with Crippen LogP contribution in [0.1, 0.15) is 78.5 Å². The summed E-state index contributed by atoms with van der Waals surface area (Å²) in [6.07, 6.45) is 1.85. The topological polar surface area (TPSA) is 12.4 Å². The van der Waals surface area contributed by atoms with Gasteiger partial charge in [-0.05, 0) is 167 Å². The number of fused-ring (bicyclic) bond motifs is 10. The summed E-state index contributed by atoms with van der Waals surface area (Å²) in [7, 11) is 0. The largest absolute Gasteiger partial charge is 0.276 e. The number of thiophene rings is 1. The van der Waals surface area contributed by atoms with Crippen LogP contribution < -0.4 is 0 Å². The van der Waals surface area contributed by atoms with Crippen LogP contribution in [0.25, 0.3) is 85.5 Å². The molecule has 0 spiro atoms. The Morgan fingerprint density at radius 3 is 1.76 bits per heavy atom. The number of nitrogens with zero attached hydrogens (tertiary/aromatic N) is 1. The molecule has 0 fully saturated rings. The molecule has 0 saturated carbocycles. The van der Waals surface area contributed by atoms with Crippen LogP contribution in [0.15, 0.2) is 236 Å². The fraction of sp³-hybridized carbons (Fsp3) is 0.129. The Morgan fingerprint density at radius 1 is 0.528 bits per heavy atom. The zero-order chi connectivity index (χ0) is 48.5. The third-order valence-corrected chi connectivity index (χ3v) is 17.1. The maximum absolute atomic E-state index is 5.92. The van der Waals surface area contributed by atoms with Crippen molar-refractivity contribution in [3.8, 4) is 22.3 Å². The molecule has 346 valence electrons. The van der Waals surface area contributed by atoms with Crippen LogP contribution in [0.2, 0.25) is 0 Å². The van der Waals surface area contributed by atoms with Gasteiger partial charge in [-0.1, -0.05) is 202 Å². The van der Waals surface area contributed by atoms with Crippen molar-refractivity contribution in [2.45, 2.75) is 51.5 Å². The molecule has 0 radical (unpaired) electrons. The van der Waals surface area contributed by atoms with E-state index in [1.165, 1.54) is 113 Å². The molecule has 72 heavy (non-hydrogen) atoms. The van der Waals surface area contributed by atoms with Crippen molar-refractivity contribution < 1.29 is 0 Å². The molecule has 1 heterocycles. The van der Waals surface area contributed by atoms with Gasteiger partial charge >= 0.3 is 0 Å². The fourth-order valence-corrected chi connectivity index (χ4v) is 13.4. The molecule has 11 aromatic carbocycles. The molecule has 13 rings (SSSR count). The lowest BCUT2D eigenvalue weighted by Gasteiger charge is -2.31. The van der Waals surface area contributed by atoms with E-state index in [0.29, 0.717) is 0 Å². The van der Waals surface area contributed by atoms with E-state index in [1.54, 1.807) is 0 Å². The van der Waals surface area contributed by atoms with Gasteiger partial charge in [-0.15, -0.1) is 11.3 Å². The fourth-order valence-electron chi connectivity index (χ4n) is 12.1. The predicted molar refractivity (Wildman–Crippen MR) is 311 cm³/mol. The Bertz CT molecular complexity index is 4120. The number of hydrogen-bond donors (Lipinski definition) is 0. The summed E-state index contributed by atoms with van der Waals surface area (Å²) in [5.74, 6) is 0.374. The Hall–Kier alpha value is -7.91. The summed E-state index contributed by atoms with van der Waals surface area (Å²) in [5.41, 5.74) is 15.2. The first-order valence-electron chi connectivity index (χ1n) is 25.7. The van der Waals surface area contributed by atoms with Crippen LogP contribution in [0, 0.1) is 5.92 Å². The minimum atomic E-state index is -0.214. The minimum Gasteiger partial charge on any atom is -0.276 e. The summed E-state index contributed by atoms with van der Waals surface area (Å²) in [6.45, 7) is 11.6. The Labute approximate surface area is 426 Å². The normalized spacial score (nSPS) is 15.0. The van der Waals surface area contributed by atoms with Crippen LogP contribution in [0.3, 0.4) is 0 Å². The van der Waals surface area contributed by atoms with E-state index in [9.17, 15) is 0 Å². The number of rotatable bonds is 10. The molecule has 0 N–H and O–H groups in total. The lowest BCUT2D eigenvalue weighted by Crippen LogP contribution is -2.23. The second-order valence-electron chi connectivity index (χ2n) is 20.3. The van der Waals surface area contributed by atoms with Gasteiger partial charge in [-0.25, -0.2) is 0 Å². The van der Waals surface area contributed by atoms with Crippen molar-refractivity contribution in [1.82, 2.24) is 0 Å². The van der Waals surface area contributed by atoms with Crippen molar-refractivity contribution in [3.05, 3.63) is 264 Å². The molecule has 0 amide bonds. The Balaban J connectivity index is 1.02.